The molecule has 0 N–H and O–H groups in total. The molecule has 0 spiro atoms. The van der Waals surface area contributed by atoms with Gasteiger partial charge in [0.15, 0.2) is 11.5 Å². The second-order valence-electron chi connectivity index (χ2n) is 7.75. The van der Waals surface area contributed by atoms with Gasteiger partial charge < -0.3 is 19.1 Å². The minimum atomic E-state index is -0.0895. The smallest absolute Gasteiger partial charge is 0.276 e. The van der Waals surface area contributed by atoms with Gasteiger partial charge in [-0.3, -0.25) is 4.79 Å². The Bertz CT molecular complexity index is 1060. The molecule has 1 unspecified atom stereocenters. The molecule has 148 valence electrons. The number of nitrogens with zero attached hydrogens (tertiary/aromatic N) is 3. The summed E-state index contributed by atoms with van der Waals surface area (Å²) >= 11 is 0. The first-order valence-electron chi connectivity index (χ1n) is 9.95. The van der Waals surface area contributed by atoms with Crippen molar-refractivity contribution in [3.8, 4) is 17.1 Å². The van der Waals surface area contributed by atoms with Gasteiger partial charge in [0.2, 0.25) is 0 Å². The van der Waals surface area contributed by atoms with Crippen LogP contribution in [-0.4, -0.2) is 41.6 Å². The Morgan fingerprint density at radius 3 is 2.69 bits per heavy atom. The molecule has 2 aromatic carbocycles. The van der Waals surface area contributed by atoms with Gasteiger partial charge in [0.25, 0.3) is 5.91 Å². The van der Waals surface area contributed by atoms with Crippen LogP contribution < -0.4 is 9.64 Å². The van der Waals surface area contributed by atoms with Crippen molar-refractivity contribution in [1.82, 2.24) is 10.1 Å². The zero-order chi connectivity index (χ0) is 20.0. The van der Waals surface area contributed by atoms with Gasteiger partial charge in [-0.2, -0.15) is 0 Å². The van der Waals surface area contributed by atoms with Crippen molar-refractivity contribution in [1.29, 1.82) is 0 Å². The largest absolute Gasteiger partial charge is 0.488 e. The number of carbonyl (C=O) groups excluding carboxylic acids is 1. The van der Waals surface area contributed by atoms with E-state index in [0.717, 1.165) is 23.4 Å². The van der Waals surface area contributed by atoms with Crippen molar-refractivity contribution in [3.63, 3.8) is 0 Å². The van der Waals surface area contributed by atoms with E-state index in [1.807, 2.05) is 29.2 Å². The maximum absolute atomic E-state index is 13.2. The fourth-order valence-electron chi connectivity index (χ4n) is 4.16. The van der Waals surface area contributed by atoms with E-state index in [1.165, 1.54) is 11.3 Å². The molecule has 0 aliphatic carbocycles. The van der Waals surface area contributed by atoms with Crippen LogP contribution in [0.25, 0.3) is 11.3 Å². The second kappa shape index (κ2) is 6.95. The van der Waals surface area contributed by atoms with Crippen LogP contribution in [-0.2, 0) is 6.61 Å². The second-order valence-corrected chi connectivity index (χ2v) is 7.75. The van der Waals surface area contributed by atoms with E-state index < -0.39 is 0 Å². The monoisotopic (exact) mass is 389 g/mol. The fourth-order valence-corrected chi connectivity index (χ4v) is 4.16. The van der Waals surface area contributed by atoms with E-state index >= 15 is 0 Å². The number of hydrogen-bond donors (Lipinski definition) is 0. The molecule has 6 heteroatoms. The number of aryl methyl sites for hydroxylation is 1. The summed E-state index contributed by atoms with van der Waals surface area (Å²) in [4.78, 5) is 17.4. The zero-order valence-electron chi connectivity index (χ0n) is 16.6. The highest BCUT2D eigenvalue weighted by molar-refractivity contribution is 5.96. The molecule has 6 nitrogen and oxygen atoms in total. The van der Waals surface area contributed by atoms with Crippen molar-refractivity contribution in [2.24, 2.45) is 0 Å². The summed E-state index contributed by atoms with van der Waals surface area (Å²) in [5, 5.41) is 4.12. The predicted octanol–water partition coefficient (Wildman–Crippen LogP) is 3.89. The van der Waals surface area contributed by atoms with Crippen LogP contribution in [0, 0.1) is 6.92 Å². The molecule has 1 atom stereocenters. The minimum absolute atomic E-state index is 0.0895. The van der Waals surface area contributed by atoms with Crippen LogP contribution >= 0.6 is 0 Å². The maximum Gasteiger partial charge on any atom is 0.276 e. The van der Waals surface area contributed by atoms with E-state index in [0.29, 0.717) is 31.2 Å². The van der Waals surface area contributed by atoms with E-state index in [-0.39, 0.29) is 11.9 Å². The topological polar surface area (TPSA) is 58.8 Å². The van der Waals surface area contributed by atoms with E-state index in [9.17, 15) is 4.79 Å². The molecule has 5 rings (SSSR count). The lowest BCUT2D eigenvalue weighted by Crippen LogP contribution is -2.54. The predicted molar refractivity (Wildman–Crippen MR) is 110 cm³/mol. The number of amides is 1. The van der Waals surface area contributed by atoms with Crippen molar-refractivity contribution in [2.75, 3.05) is 24.5 Å². The van der Waals surface area contributed by atoms with Crippen LogP contribution in [0.1, 0.15) is 28.5 Å². The van der Waals surface area contributed by atoms with Gasteiger partial charge >= 0.3 is 0 Å². The van der Waals surface area contributed by atoms with Crippen molar-refractivity contribution >= 4 is 11.6 Å². The van der Waals surface area contributed by atoms with Crippen LogP contribution in [0.4, 0.5) is 5.69 Å². The molecule has 1 fully saturated rings. The first-order chi connectivity index (χ1) is 14.1. The number of carbonyl (C=O) groups is 1. The summed E-state index contributed by atoms with van der Waals surface area (Å²) in [6.07, 6.45) is 0. The van der Waals surface area contributed by atoms with E-state index in [2.05, 4.69) is 48.2 Å². The molecular weight excluding hydrogens is 366 g/mol. The fraction of sp³-hybridized carbons (Fsp3) is 0.304. The van der Waals surface area contributed by atoms with Gasteiger partial charge in [0.05, 0.1) is 11.1 Å². The van der Waals surface area contributed by atoms with Crippen LogP contribution in [0.15, 0.2) is 53.1 Å². The number of aromatic nitrogens is 1. The summed E-state index contributed by atoms with van der Waals surface area (Å²) in [5.74, 6) is 1.31. The number of hydrogen-bond acceptors (Lipinski definition) is 5. The number of rotatable bonds is 2. The number of anilines is 1. The highest BCUT2D eigenvalue weighted by Gasteiger charge is 2.33. The van der Waals surface area contributed by atoms with Crippen molar-refractivity contribution < 1.29 is 14.1 Å². The first-order valence-corrected chi connectivity index (χ1v) is 9.95. The lowest BCUT2D eigenvalue weighted by atomic mass is 10.0. The zero-order valence-corrected chi connectivity index (χ0v) is 16.6. The van der Waals surface area contributed by atoms with E-state index in [1.54, 1.807) is 0 Å². The normalized spacial score (nSPS) is 18.1. The minimum Gasteiger partial charge on any atom is -0.488 e. The Kier molecular flexibility index (Phi) is 4.27. The lowest BCUT2D eigenvalue weighted by molar-refractivity contribution is 0.0713. The first kappa shape index (κ1) is 17.8. The third-order valence-electron chi connectivity index (χ3n) is 5.77. The number of fused-ring (bicyclic) bond motifs is 3. The Hall–Kier alpha value is -3.28. The van der Waals surface area contributed by atoms with Gasteiger partial charge in [-0.1, -0.05) is 35.0 Å². The molecule has 2 aliphatic rings. The molecule has 0 saturated carbocycles. The Morgan fingerprint density at radius 2 is 1.90 bits per heavy atom. The number of piperazine rings is 1. The molecule has 0 bridgehead atoms. The number of para-hydroxylation sites is 1. The van der Waals surface area contributed by atoms with Crippen LogP contribution in [0.5, 0.6) is 5.75 Å². The van der Waals surface area contributed by atoms with Gasteiger partial charge in [-0.05, 0) is 38.1 Å². The molecule has 1 saturated heterocycles. The van der Waals surface area contributed by atoms with Crippen LogP contribution in [0.2, 0.25) is 0 Å². The average Bonchev–Trinajstić information content (AvgIpc) is 3.18. The summed E-state index contributed by atoms with van der Waals surface area (Å²) in [6.45, 7) is 6.62. The standard InChI is InChI=1S/C23H23N3O3/c1-15-7-9-17(10-8-15)26-12-11-25(13-16(26)2)23(27)21-19-14-28-20-6-4-3-5-18(20)22(19)29-24-21/h3-10,16H,11-14H2,1-2H3. The highest BCUT2D eigenvalue weighted by atomic mass is 16.5. The number of ether oxygens (including phenoxy) is 1. The van der Waals surface area contributed by atoms with Crippen molar-refractivity contribution in [3.05, 3.63) is 65.4 Å². The third-order valence-corrected chi connectivity index (χ3v) is 5.77. The molecular formula is C23H23N3O3. The molecule has 3 aromatic rings. The Morgan fingerprint density at radius 1 is 1.10 bits per heavy atom. The third kappa shape index (κ3) is 3.05. The van der Waals surface area contributed by atoms with Gasteiger partial charge in [0, 0.05) is 31.4 Å². The summed E-state index contributed by atoms with van der Waals surface area (Å²) in [5.41, 5.74) is 4.39. The van der Waals surface area contributed by atoms with Gasteiger partial charge in [-0.25, -0.2) is 0 Å². The van der Waals surface area contributed by atoms with Crippen LogP contribution in [0.3, 0.4) is 0 Å². The lowest BCUT2D eigenvalue weighted by Gasteiger charge is -2.41. The Balaban J connectivity index is 1.35. The molecule has 1 amide bonds. The number of benzene rings is 2. The highest BCUT2D eigenvalue weighted by Crippen LogP contribution is 2.38. The summed E-state index contributed by atoms with van der Waals surface area (Å²) < 4.78 is 11.4. The maximum atomic E-state index is 13.2. The van der Waals surface area contributed by atoms with E-state index in [4.69, 9.17) is 9.26 Å². The summed E-state index contributed by atoms with van der Waals surface area (Å²) in [7, 11) is 0. The Labute approximate surface area is 169 Å². The summed E-state index contributed by atoms with van der Waals surface area (Å²) in [6, 6.07) is 16.4. The van der Waals surface area contributed by atoms with Crippen molar-refractivity contribution in [2.45, 2.75) is 26.5 Å². The molecule has 29 heavy (non-hydrogen) atoms. The molecule has 2 aliphatic heterocycles. The van der Waals surface area contributed by atoms with Gasteiger partial charge in [0.1, 0.15) is 12.4 Å². The van der Waals surface area contributed by atoms with Gasteiger partial charge in [-0.15, -0.1) is 0 Å². The quantitative estimate of drug-likeness (QED) is 0.665. The average molecular weight is 389 g/mol. The molecule has 0 radical (unpaired) electrons. The molecule has 3 heterocycles. The molecule has 1 aromatic heterocycles. The SMILES string of the molecule is Cc1ccc(N2CCN(C(=O)c3noc4c3COc3ccccc3-4)CC2C)cc1.